The van der Waals surface area contributed by atoms with Gasteiger partial charge in [0.25, 0.3) is 0 Å². The number of likely N-dealkylation sites (N-methyl/N-ethyl adjacent to an activating group) is 1. The van der Waals surface area contributed by atoms with Gasteiger partial charge in [-0.2, -0.15) is 0 Å². The molecule has 2 saturated heterocycles. The summed E-state index contributed by atoms with van der Waals surface area (Å²) in [7, 11) is 2.26. The topological polar surface area (TPSA) is 27.0 Å². The summed E-state index contributed by atoms with van der Waals surface area (Å²) in [5, 5.41) is 0. The van der Waals surface area contributed by atoms with E-state index in [9.17, 15) is 0 Å². The number of piperidine rings is 1. The maximum Gasteiger partial charge on any atom is 0.187 e. The minimum atomic E-state index is -0.0400. The molecule has 6 rings (SSSR count). The molecule has 0 radical (unpaired) electrons. The molecule has 36 heavy (non-hydrogen) atoms. The SMILES string of the molecule is [C-]#[N+]c1ccc(N2CC(CN3CCC(C4(c5ccccn5)CN(C)Cc5ccccc54)CC3)C2)cc1. The van der Waals surface area contributed by atoms with E-state index < -0.39 is 0 Å². The molecule has 3 aliphatic rings. The Kier molecular flexibility index (Phi) is 6.25. The van der Waals surface area contributed by atoms with E-state index in [1.54, 1.807) is 0 Å². The lowest BCUT2D eigenvalue weighted by Gasteiger charge is -2.51. The van der Waals surface area contributed by atoms with Gasteiger partial charge in [-0.1, -0.05) is 42.5 Å². The molecular formula is C31H35N5. The summed E-state index contributed by atoms with van der Waals surface area (Å²) >= 11 is 0. The molecule has 0 aliphatic carbocycles. The van der Waals surface area contributed by atoms with E-state index in [1.807, 2.05) is 24.4 Å². The minimum Gasteiger partial charge on any atom is -0.371 e. The minimum absolute atomic E-state index is 0.0400. The molecule has 0 spiro atoms. The maximum absolute atomic E-state index is 7.14. The van der Waals surface area contributed by atoms with Crippen molar-refractivity contribution in [3.63, 3.8) is 0 Å². The molecule has 4 heterocycles. The molecule has 5 nitrogen and oxygen atoms in total. The lowest BCUT2D eigenvalue weighted by molar-refractivity contribution is 0.0938. The third-order valence-corrected chi connectivity index (χ3v) is 8.68. The number of fused-ring (bicyclic) bond motifs is 1. The molecule has 3 aliphatic heterocycles. The highest BCUT2D eigenvalue weighted by molar-refractivity contribution is 5.56. The first-order valence-corrected chi connectivity index (χ1v) is 13.3. The Balaban J connectivity index is 1.14. The van der Waals surface area contributed by atoms with Gasteiger partial charge in [-0.3, -0.25) is 4.98 Å². The predicted octanol–water partition coefficient (Wildman–Crippen LogP) is 5.21. The number of hydrogen-bond acceptors (Lipinski definition) is 4. The Morgan fingerprint density at radius 3 is 2.44 bits per heavy atom. The quantitative estimate of drug-likeness (QED) is 0.471. The predicted molar refractivity (Wildman–Crippen MR) is 145 cm³/mol. The fourth-order valence-electron chi connectivity index (χ4n) is 6.96. The molecule has 1 atom stereocenters. The number of rotatable bonds is 5. The van der Waals surface area contributed by atoms with Gasteiger partial charge < -0.3 is 14.7 Å². The van der Waals surface area contributed by atoms with Gasteiger partial charge in [0.2, 0.25) is 0 Å². The van der Waals surface area contributed by atoms with E-state index in [-0.39, 0.29) is 5.41 Å². The second kappa shape index (κ2) is 9.69. The average molecular weight is 478 g/mol. The first-order valence-electron chi connectivity index (χ1n) is 13.3. The Morgan fingerprint density at radius 2 is 1.72 bits per heavy atom. The van der Waals surface area contributed by atoms with Crippen molar-refractivity contribution in [3.8, 4) is 0 Å². The fraction of sp³-hybridized carbons (Fsp3) is 0.419. The summed E-state index contributed by atoms with van der Waals surface area (Å²) in [6.07, 6.45) is 4.40. The highest BCUT2D eigenvalue weighted by atomic mass is 15.2. The first kappa shape index (κ1) is 23.2. The molecule has 1 unspecified atom stereocenters. The van der Waals surface area contributed by atoms with Crippen molar-refractivity contribution in [1.29, 1.82) is 0 Å². The molecule has 5 heteroatoms. The molecule has 1 aromatic heterocycles. The first-order chi connectivity index (χ1) is 17.7. The van der Waals surface area contributed by atoms with Crippen molar-refractivity contribution >= 4 is 11.4 Å². The van der Waals surface area contributed by atoms with Crippen LogP contribution in [0.4, 0.5) is 11.4 Å². The largest absolute Gasteiger partial charge is 0.371 e. The van der Waals surface area contributed by atoms with E-state index in [0.29, 0.717) is 11.6 Å². The van der Waals surface area contributed by atoms with E-state index >= 15 is 0 Å². The highest BCUT2D eigenvalue weighted by Crippen LogP contribution is 2.47. The summed E-state index contributed by atoms with van der Waals surface area (Å²) in [6.45, 7) is 15.0. The standard InChI is InChI=1S/C31H35N5/c1-32-27-10-12-28(13-11-27)36-20-24(21-36)19-35-17-14-26(15-18-35)31(30-9-5-6-16-33-30)23-34(2)22-25-7-3-4-8-29(25)31/h3-13,16,24,26H,14-15,17-23H2,2H3. The molecule has 0 amide bonds. The zero-order chi connectivity index (χ0) is 24.5. The summed E-state index contributed by atoms with van der Waals surface area (Å²) in [6, 6.07) is 23.6. The van der Waals surface area contributed by atoms with Crippen molar-refractivity contribution in [2.75, 3.05) is 51.2 Å². The number of anilines is 1. The van der Waals surface area contributed by atoms with E-state index in [0.717, 1.165) is 32.1 Å². The second-order valence-electron chi connectivity index (χ2n) is 11.0. The van der Waals surface area contributed by atoms with Crippen molar-refractivity contribution in [1.82, 2.24) is 14.8 Å². The maximum atomic E-state index is 7.14. The average Bonchev–Trinajstić information content (AvgIpc) is 2.91. The lowest BCUT2D eigenvalue weighted by Crippen LogP contribution is -2.55. The van der Waals surface area contributed by atoms with Crippen LogP contribution in [0.15, 0.2) is 72.9 Å². The van der Waals surface area contributed by atoms with Gasteiger partial charge in [0.1, 0.15) is 0 Å². The number of likely N-dealkylation sites (tertiary alicyclic amines) is 1. The molecule has 0 bridgehead atoms. The van der Waals surface area contributed by atoms with Crippen LogP contribution in [-0.4, -0.2) is 61.1 Å². The van der Waals surface area contributed by atoms with Gasteiger partial charge in [-0.05, 0) is 74.3 Å². The third-order valence-electron chi connectivity index (χ3n) is 8.68. The van der Waals surface area contributed by atoms with Crippen LogP contribution in [0.1, 0.15) is 29.7 Å². The number of pyridine rings is 1. The lowest BCUT2D eigenvalue weighted by atomic mass is 9.61. The summed E-state index contributed by atoms with van der Waals surface area (Å²) in [4.78, 5) is 16.1. The van der Waals surface area contributed by atoms with Crippen LogP contribution in [0, 0.1) is 18.4 Å². The molecule has 2 aromatic carbocycles. The van der Waals surface area contributed by atoms with Crippen LogP contribution < -0.4 is 4.90 Å². The van der Waals surface area contributed by atoms with Crippen LogP contribution >= 0.6 is 0 Å². The Bertz CT molecular complexity index is 1220. The molecule has 0 N–H and O–H groups in total. The van der Waals surface area contributed by atoms with Crippen LogP contribution in [0.25, 0.3) is 4.85 Å². The molecule has 0 saturated carbocycles. The zero-order valence-corrected chi connectivity index (χ0v) is 21.2. The van der Waals surface area contributed by atoms with Crippen molar-refractivity contribution in [2.45, 2.75) is 24.8 Å². The van der Waals surface area contributed by atoms with Gasteiger partial charge in [0.15, 0.2) is 5.69 Å². The molecule has 184 valence electrons. The van der Waals surface area contributed by atoms with Gasteiger partial charge in [0, 0.05) is 50.5 Å². The smallest absolute Gasteiger partial charge is 0.187 e. The number of aromatic nitrogens is 1. The Labute approximate surface area is 215 Å². The summed E-state index contributed by atoms with van der Waals surface area (Å²) < 4.78 is 0. The van der Waals surface area contributed by atoms with Crippen LogP contribution in [0.5, 0.6) is 0 Å². The van der Waals surface area contributed by atoms with Crippen molar-refractivity contribution in [3.05, 3.63) is 101 Å². The summed E-state index contributed by atoms with van der Waals surface area (Å²) in [5.41, 5.74) is 6.12. The van der Waals surface area contributed by atoms with Crippen LogP contribution in [0.2, 0.25) is 0 Å². The van der Waals surface area contributed by atoms with Crippen molar-refractivity contribution in [2.24, 2.45) is 11.8 Å². The zero-order valence-electron chi connectivity index (χ0n) is 21.2. The summed E-state index contributed by atoms with van der Waals surface area (Å²) in [5.74, 6) is 1.32. The van der Waals surface area contributed by atoms with Gasteiger partial charge >= 0.3 is 0 Å². The van der Waals surface area contributed by atoms with Gasteiger partial charge in [-0.15, -0.1) is 0 Å². The molecule has 3 aromatic rings. The van der Waals surface area contributed by atoms with Crippen LogP contribution in [-0.2, 0) is 12.0 Å². The third kappa shape index (κ3) is 4.19. The number of nitrogens with zero attached hydrogens (tertiary/aromatic N) is 5. The number of benzene rings is 2. The molecular weight excluding hydrogens is 442 g/mol. The van der Waals surface area contributed by atoms with Crippen LogP contribution in [0.3, 0.4) is 0 Å². The van der Waals surface area contributed by atoms with Gasteiger partial charge in [0.05, 0.1) is 17.7 Å². The highest BCUT2D eigenvalue weighted by Gasteiger charge is 2.48. The molecule has 2 fully saturated rings. The fourth-order valence-corrected chi connectivity index (χ4v) is 6.96. The van der Waals surface area contributed by atoms with E-state index in [4.69, 9.17) is 11.6 Å². The second-order valence-corrected chi connectivity index (χ2v) is 11.0. The van der Waals surface area contributed by atoms with Gasteiger partial charge in [-0.25, -0.2) is 4.85 Å². The van der Waals surface area contributed by atoms with Crippen molar-refractivity contribution < 1.29 is 0 Å². The van der Waals surface area contributed by atoms with E-state index in [2.05, 4.69) is 75.1 Å². The monoisotopic (exact) mass is 477 g/mol. The van der Waals surface area contributed by atoms with E-state index in [1.165, 1.54) is 55.0 Å². The Morgan fingerprint density at radius 1 is 0.972 bits per heavy atom. The number of hydrogen-bond donors (Lipinski definition) is 0. The Hall–Kier alpha value is -3.20. The normalized spacial score (nSPS) is 23.6.